The Morgan fingerprint density at radius 2 is 1.68 bits per heavy atom. The van der Waals surface area contributed by atoms with Crippen molar-refractivity contribution in [3.8, 4) is 11.3 Å². The summed E-state index contributed by atoms with van der Waals surface area (Å²) in [5, 5.41) is 7.97. The van der Waals surface area contributed by atoms with Crippen LogP contribution in [0.4, 0.5) is 17.5 Å². The van der Waals surface area contributed by atoms with Gasteiger partial charge in [-0.2, -0.15) is 4.98 Å². The first-order valence-corrected chi connectivity index (χ1v) is 10.2. The number of pyridine rings is 1. The first-order valence-electron chi connectivity index (χ1n) is 9.45. The fourth-order valence-electron chi connectivity index (χ4n) is 3.41. The molecule has 2 heterocycles. The molecule has 144 valence electrons. The molecule has 0 spiro atoms. The highest BCUT2D eigenvalue weighted by atomic mass is 35.5. The van der Waals surface area contributed by atoms with Gasteiger partial charge in [-0.25, -0.2) is 4.98 Å². The van der Waals surface area contributed by atoms with Crippen molar-refractivity contribution in [2.45, 2.75) is 38.1 Å². The first-order chi connectivity index (χ1) is 13.7. The van der Waals surface area contributed by atoms with Crippen LogP contribution in [0.25, 0.3) is 11.3 Å². The van der Waals surface area contributed by atoms with Crippen LogP contribution in [0.1, 0.15) is 32.1 Å². The van der Waals surface area contributed by atoms with E-state index in [0.29, 0.717) is 33.5 Å². The molecular formula is C21H21Cl2N5. The fourth-order valence-corrected chi connectivity index (χ4v) is 3.74. The summed E-state index contributed by atoms with van der Waals surface area (Å²) in [6.07, 6.45) is 9.59. The number of hydrogen-bond acceptors (Lipinski definition) is 5. The van der Waals surface area contributed by atoms with Gasteiger partial charge in [-0.1, -0.05) is 42.5 Å². The lowest BCUT2D eigenvalue weighted by Crippen LogP contribution is -2.23. The molecule has 1 aliphatic rings. The van der Waals surface area contributed by atoms with Crippen molar-refractivity contribution >= 4 is 40.7 Å². The van der Waals surface area contributed by atoms with E-state index in [1.807, 2.05) is 18.2 Å². The van der Waals surface area contributed by atoms with E-state index in [1.54, 1.807) is 30.6 Å². The van der Waals surface area contributed by atoms with E-state index < -0.39 is 0 Å². The van der Waals surface area contributed by atoms with Crippen molar-refractivity contribution in [3.05, 3.63) is 58.8 Å². The second kappa shape index (κ2) is 8.76. The van der Waals surface area contributed by atoms with E-state index in [2.05, 4.69) is 20.6 Å². The van der Waals surface area contributed by atoms with E-state index in [1.165, 1.54) is 19.3 Å². The third-order valence-corrected chi connectivity index (χ3v) is 5.40. The van der Waals surface area contributed by atoms with Crippen molar-refractivity contribution in [3.63, 3.8) is 0 Å². The van der Waals surface area contributed by atoms with Gasteiger partial charge in [0.05, 0.1) is 16.4 Å². The number of anilines is 3. The molecule has 1 saturated carbocycles. The van der Waals surface area contributed by atoms with Gasteiger partial charge in [0, 0.05) is 35.1 Å². The summed E-state index contributed by atoms with van der Waals surface area (Å²) >= 11 is 12.4. The highest BCUT2D eigenvalue weighted by molar-refractivity contribution is 6.35. The lowest BCUT2D eigenvalue weighted by atomic mass is 9.96. The molecule has 5 nitrogen and oxygen atoms in total. The molecule has 28 heavy (non-hydrogen) atoms. The maximum Gasteiger partial charge on any atom is 0.225 e. The van der Waals surface area contributed by atoms with Crippen LogP contribution in [0.3, 0.4) is 0 Å². The molecular weight excluding hydrogens is 393 g/mol. The molecule has 1 aromatic carbocycles. The smallest absolute Gasteiger partial charge is 0.225 e. The summed E-state index contributed by atoms with van der Waals surface area (Å²) in [6.45, 7) is 0. The zero-order chi connectivity index (χ0) is 19.3. The summed E-state index contributed by atoms with van der Waals surface area (Å²) in [4.78, 5) is 13.5. The molecule has 0 aliphatic heterocycles. The Kier molecular flexibility index (Phi) is 5.93. The lowest BCUT2D eigenvalue weighted by molar-refractivity contribution is 0.461. The maximum absolute atomic E-state index is 6.31. The lowest BCUT2D eigenvalue weighted by Gasteiger charge is -2.23. The number of nitrogens with zero attached hydrogens (tertiary/aromatic N) is 3. The van der Waals surface area contributed by atoms with Gasteiger partial charge in [-0.3, -0.25) is 4.98 Å². The Hall–Kier alpha value is -2.37. The third kappa shape index (κ3) is 4.72. The molecule has 2 aromatic heterocycles. The van der Waals surface area contributed by atoms with Crippen molar-refractivity contribution in [2.75, 3.05) is 10.6 Å². The van der Waals surface area contributed by atoms with E-state index in [4.69, 9.17) is 28.2 Å². The Labute approximate surface area is 174 Å². The van der Waals surface area contributed by atoms with Crippen LogP contribution >= 0.6 is 23.2 Å². The van der Waals surface area contributed by atoms with Gasteiger partial charge in [0.2, 0.25) is 5.95 Å². The quantitative estimate of drug-likeness (QED) is 0.511. The molecule has 0 atom stereocenters. The second-order valence-corrected chi connectivity index (χ2v) is 7.77. The number of benzene rings is 1. The summed E-state index contributed by atoms with van der Waals surface area (Å²) in [7, 11) is 0. The van der Waals surface area contributed by atoms with Crippen LogP contribution in [-0.2, 0) is 0 Å². The zero-order valence-electron chi connectivity index (χ0n) is 15.3. The summed E-state index contributed by atoms with van der Waals surface area (Å²) in [6, 6.07) is 11.5. The molecule has 7 heteroatoms. The van der Waals surface area contributed by atoms with E-state index in [9.17, 15) is 0 Å². The zero-order valence-corrected chi connectivity index (χ0v) is 16.8. The summed E-state index contributed by atoms with van der Waals surface area (Å²) < 4.78 is 0. The minimum atomic E-state index is 0.407. The minimum Gasteiger partial charge on any atom is -0.351 e. The predicted molar refractivity (Wildman–Crippen MR) is 116 cm³/mol. The molecule has 3 aromatic rings. The van der Waals surface area contributed by atoms with Gasteiger partial charge in [0.25, 0.3) is 0 Å². The average molecular weight is 414 g/mol. The topological polar surface area (TPSA) is 62.7 Å². The molecule has 1 aliphatic carbocycles. The van der Waals surface area contributed by atoms with Crippen molar-refractivity contribution in [2.24, 2.45) is 0 Å². The monoisotopic (exact) mass is 413 g/mol. The van der Waals surface area contributed by atoms with Gasteiger partial charge in [0.15, 0.2) is 0 Å². The van der Waals surface area contributed by atoms with Gasteiger partial charge < -0.3 is 10.6 Å². The number of halogens is 2. The Morgan fingerprint density at radius 1 is 0.893 bits per heavy atom. The van der Waals surface area contributed by atoms with Gasteiger partial charge in [-0.15, -0.1) is 0 Å². The summed E-state index contributed by atoms with van der Waals surface area (Å²) in [5.41, 5.74) is 2.50. The highest BCUT2D eigenvalue weighted by Crippen LogP contribution is 2.30. The maximum atomic E-state index is 6.31. The standard InChI is InChI=1S/C21H21Cl2N5/c22-15-6-7-17(23)19(12-15)26-20-13-18(14-8-10-24-11-9-14)27-21(28-20)25-16-4-2-1-3-5-16/h6-13,16H,1-5H2,(H2,25,26,27,28). The van der Waals surface area contributed by atoms with Gasteiger partial charge in [-0.05, 0) is 43.2 Å². The van der Waals surface area contributed by atoms with Crippen molar-refractivity contribution in [1.29, 1.82) is 0 Å². The molecule has 0 radical (unpaired) electrons. The van der Waals surface area contributed by atoms with Crippen LogP contribution in [-0.4, -0.2) is 21.0 Å². The normalized spacial score (nSPS) is 14.6. The summed E-state index contributed by atoms with van der Waals surface area (Å²) in [5.74, 6) is 1.27. The Bertz CT molecular complexity index is 943. The predicted octanol–water partition coefficient (Wildman–Crippen LogP) is 6.33. The van der Waals surface area contributed by atoms with Crippen LogP contribution < -0.4 is 10.6 Å². The fraction of sp³-hybridized carbons (Fsp3) is 0.286. The number of hydrogen-bond donors (Lipinski definition) is 2. The Balaban J connectivity index is 1.67. The van der Waals surface area contributed by atoms with Crippen LogP contribution in [0.2, 0.25) is 10.0 Å². The highest BCUT2D eigenvalue weighted by Gasteiger charge is 2.16. The number of nitrogens with one attached hydrogen (secondary N) is 2. The first kappa shape index (κ1) is 19.0. The van der Waals surface area contributed by atoms with Crippen molar-refractivity contribution < 1.29 is 0 Å². The molecule has 0 unspecified atom stereocenters. The molecule has 0 saturated heterocycles. The third-order valence-electron chi connectivity index (χ3n) is 4.83. The van der Waals surface area contributed by atoms with E-state index in [0.717, 1.165) is 24.1 Å². The van der Waals surface area contributed by atoms with E-state index in [-0.39, 0.29) is 0 Å². The largest absolute Gasteiger partial charge is 0.351 e. The van der Waals surface area contributed by atoms with E-state index >= 15 is 0 Å². The molecule has 0 bridgehead atoms. The second-order valence-electron chi connectivity index (χ2n) is 6.93. The van der Waals surface area contributed by atoms with Gasteiger partial charge >= 0.3 is 0 Å². The SMILES string of the molecule is Clc1ccc(Cl)c(Nc2cc(-c3ccncc3)nc(NC3CCCCC3)n2)c1. The van der Waals surface area contributed by atoms with Gasteiger partial charge in [0.1, 0.15) is 5.82 Å². The molecule has 4 rings (SSSR count). The molecule has 1 fully saturated rings. The number of aromatic nitrogens is 3. The average Bonchev–Trinajstić information content (AvgIpc) is 2.72. The minimum absolute atomic E-state index is 0.407. The van der Waals surface area contributed by atoms with Crippen LogP contribution in [0, 0.1) is 0 Å². The molecule has 2 N–H and O–H groups in total. The Morgan fingerprint density at radius 3 is 2.46 bits per heavy atom. The molecule has 0 amide bonds. The van der Waals surface area contributed by atoms with Crippen molar-refractivity contribution in [1.82, 2.24) is 15.0 Å². The number of rotatable bonds is 5. The van der Waals surface area contributed by atoms with Crippen LogP contribution in [0.15, 0.2) is 48.8 Å². The van der Waals surface area contributed by atoms with Crippen LogP contribution in [0.5, 0.6) is 0 Å².